The maximum Gasteiger partial charge on any atom is 0.0484 e. The molecule has 0 aromatic carbocycles. The number of nitrogens with one attached hydrogen (secondary N) is 3. The second-order valence-electron chi connectivity index (χ2n) is 3.56. The van der Waals surface area contributed by atoms with Gasteiger partial charge in [0, 0.05) is 39.0 Å². The van der Waals surface area contributed by atoms with Gasteiger partial charge in [-0.15, -0.1) is 0 Å². The molecule has 2 saturated heterocycles. The zero-order valence-electron chi connectivity index (χ0n) is 7.47. The van der Waals surface area contributed by atoms with Gasteiger partial charge >= 0.3 is 0 Å². The highest BCUT2D eigenvalue weighted by atomic mass is 15.3. The van der Waals surface area contributed by atoms with E-state index in [1.54, 1.807) is 0 Å². The van der Waals surface area contributed by atoms with Crippen molar-refractivity contribution in [1.82, 2.24) is 20.9 Å². The second-order valence-corrected chi connectivity index (χ2v) is 3.56. The van der Waals surface area contributed by atoms with E-state index in [1.807, 2.05) is 0 Å². The molecule has 0 aromatic rings. The Morgan fingerprint density at radius 1 is 1.08 bits per heavy atom. The Balaban J connectivity index is 1.80. The predicted molar refractivity (Wildman–Crippen MR) is 48.9 cm³/mol. The van der Waals surface area contributed by atoms with E-state index in [0.717, 1.165) is 26.4 Å². The summed E-state index contributed by atoms with van der Waals surface area (Å²) in [5, 5.41) is 10.1. The molecule has 2 rings (SSSR count). The van der Waals surface area contributed by atoms with Crippen molar-refractivity contribution < 1.29 is 0 Å². The molecule has 0 radical (unpaired) electrons. The fourth-order valence-corrected chi connectivity index (χ4v) is 1.92. The largest absolute Gasteiger partial charge is 0.304 e. The minimum absolute atomic E-state index is 0.687. The van der Waals surface area contributed by atoms with E-state index in [0.29, 0.717) is 6.04 Å². The Morgan fingerprint density at radius 3 is 2.58 bits per heavy atom. The third-order valence-corrected chi connectivity index (χ3v) is 2.64. The number of hydrogen-bond donors (Lipinski definition) is 3. The molecule has 0 atom stereocenters. The molecule has 3 N–H and O–H groups in total. The highest BCUT2D eigenvalue weighted by Gasteiger charge is 2.21. The van der Waals surface area contributed by atoms with Crippen LogP contribution in [-0.4, -0.2) is 50.5 Å². The fraction of sp³-hybridized carbons (Fsp3) is 1.00. The van der Waals surface area contributed by atoms with Gasteiger partial charge in [0.25, 0.3) is 0 Å². The van der Waals surface area contributed by atoms with E-state index in [9.17, 15) is 0 Å². The molecule has 12 heavy (non-hydrogen) atoms. The van der Waals surface area contributed by atoms with E-state index in [4.69, 9.17) is 0 Å². The summed E-state index contributed by atoms with van der Waals surface area (Å²) in [5.74, 6) is 0. The van der Waals surface area contributed by atoms with Crippen LogP contribution in [0.15, 0.2) is 0 Å². The highest BCUT2D eigenvalue weighted by Crippen LogP contribution is 2.03. The maximum atomic E-state index is 3.40. The SMILES string of the molecule is C1CNCN(C2CNCNC2)C1. The van der Waals surface area contributed by atoms with Crippen LogP contribution >= 0.6 is 0 Å². The second kappa shape index (κ2) is 4.18. The van der Waals surface area contributed by atoms with E-state index >= 15 is 0 Å². The van der Waals surface area contributed by atoms with Crippen molar-refractivity contribution in [2.75, 3.05) is 39.5 Å². The van der Waals surface area contributed by atoms with Crippen LogP contribution in [0.25, 0.3) is 0 Å². The monoisotopic (exact) mass is 170 g/mol. The molecule has 0 aliphatic carbocycles. The van der Waals surface area contributed by atoms with Crippen LogP contribution in [0.4, 0.5) is 0 Å². The highest BCUT2D eigenvalue weighted by molar-refractivity contribution is 4.80. The van der Waals surface area contributed by atoms with E-state index in [1.165, 1.54) is 19.5 Å². The lowest BCUT2D eigenvalue weighted by Gasteiger charge is -2.37. The van der Waals surface area contributed by atoms with Crippen LogP contribution in [0.1, 0.15) is 6.42 Å². The Morgan fingerprint density at radius 2 is 1.92 bits per heavy atom. The molecular weight excluding hydrogens is 152 g/mol. The Hall–Kier alpha value is -0.160. The quantitative estimate of drug-likeness (QED) is 0.460. The van der Waals surface area contributed by atoms with Gasteiger partial charge < -0.3 is 16.0 Å². The van der Waals surface area contributed by atoms with Crippen LogP contribution in [0, 0.1) is 0 Å². The zero-order chi connectivity index (χ0) is 8.23. The summed E-state index contributed by atoms with van der Waals surface area (Å²) in [7, 11) is 0. The van der Waals surface area contributed by atoms with Crippen LogP contribution in [-0.2, 0) is 0 Å². The smallest absolute Gasteiger partial charge is 0.0484 e. The van der Waals surface area contributed by atoms with Crippen molar-refractivity contribution in [2.24, 2.45) is 0 Å². The van der Waals surface area contributed by atoms with Crippen molar-refractivity contribution in [3.8, 4) is 0 Å². The molecule has 0 spiro atoms. The third kappa shape index (κ3) is 1.95. The molecule has 0 aromatic heterocycles. The summed E-state index contributed by atoms with van der Waals surface area (Å²) < 4.78 is 0. The summed E-state index contributed by atoms with van der Waals surface area (Å²) in [6, 6.07) is 0.687. The van der Waals surface area contributed by atoms with Gasteiger partial charge in [-0.25, -0.2) is 0 Å². The average molecular weight is 170 g/mol. The van der Waals surface area contributed by atoms with E-state index in [2.05, 4.69) is 20.9 Å². The number of nitrogens with zero attached hydrogens (tertiary/aromatic N) is 1. The molecule has 2 heterocycles. The summed E-state index contributed by atoms with van der Waals surface area (Å²) >= 11 is 0. The lowest BCUT2D eigenvalue weighted by atomic mass is 10.2. The first-order valence-electron chi connectivity index (χ1n) is 4.83. The molecule has 2 aliphatic heterocycles. The molecule has 70 valence electrons. The minimum atomic E-state index is 0.687. The van der Waals surface area contributed by atoms with Crippen molar-refractivity contribution >= 4 is 0 Å². The first-order chi connectivity index (χ1) is 5.97. The van der Waals surface area contributed by atoms with E-state index in [-0.39, 0.29) is 0 Å². The van der Waals surface area contributed by atoms with Crippen molar-refractivity contribution in [3.63, 3.8) is 0 Å². The Labute approximate surface area is 73.7 Å². The normalized spacial score (nSPS) is 29.0. The molecular formula is C8H18N4. The van der Waals surface area contributed by atoms with Gasteiger partial charge in [0.1, 0.15) is 0 Å². The first-order valence-corrected chi connectivity index (χ1v) is 4.83. The zero-order valence-corrected chi connectivity index (χ0v) is 7.47. The van der Waals surface area contributed by atoms with Gasteiger partial charge in [-0.1, -0.05) is 0 Å². The maximum absolute atomic E-state index is 3.40. The van der Waals surface area contributed by atoms with Gasteiger partial charge in [-0.2, -0.15) is 0 Å². The predicted octanol–water partition coefficient (Wildman–Crippen LogP) is -1.24. The molecule has 2 aliphatic rings. The van der Waals surface area contributed by atoms with Gasteiger partial charge in [-0.3, -0.25) is 4.90 Å². The standard InChI is InChI=1S/C8H18N4/c1-2-9-7-12(3-1)8-4-10-6-11-5-8/h8-11H,1-7H2. The number of hydrogen-bond acceptors (Lipinski definition) is 4. The van der Waals surface area contributed by atoms with Gasteiger partial charge in [0.05, 0.1) is 0 Å². The summed E-state index contributed by atoms with van der Waals surface area (Å²) in [6.45, 7) is 6.74. The Kier molecular flexibility index (Phi) is 2.94. The molecule has 0 saturated carbocycles. The average Bonchev–Trinajstić information content (AvgIpc) is 2.21. The van der Waals surface area contributed by atoms with Crippen molar-refractivity contribution in [3.05, 3.63) is 0 Å². The molecule has 0 unspecified atom stereocenters. The van der Waals surface area contributed by atoms with Crippen LogP contribution in [0.5, 0.6) is 0 Å². The molecule has 0 amide bonds. The first kappa shape index (κ1) is 8.44. The van der Waals surface area contributed by atoms with Crippen LogP contribution in [0.2, 0.25) is 0 Å². The van der Waals surface area contributed by atoms with Gasteiger partial charge in [0.2, 0.25) is 0 Å². The summed E-state index contributed by atoms with van der Waals surface area (Å²) in [4.78, 5) is 2.52. The third-order valence-electron chi connectivity index (χ3n) is 2.64. The number of rotatable bonds is 1. The summed E-state index contributed by atoms with van der Waals surface area (Å²) in [6.07, 6.45) is 1.29. The lowest BCUT2D eigenvalue weighted by Crippen LogP contribution is -2.58. The van der Waals surface area contributed by atoms with Gasteiger partial charge in [0.15, 0.2) is 0 Å². The topological polar surface area (TPSA) is 39.3 Å². The van der Waals surface area contributed by atoms with Crippen molar-refractivity contribution in [2.45, 2.75) is 12.5 Å². The molecule has 0 bridgehead atoms. The van der Waals surface area contributed by atoms with Gasteiger partial charge in [-0.05, 0) is 13.0 Å². The lowest BCUT2D eigenvalue weighted by molar-refractivity contribution is 0.135. The van der Waals surface area contributed by atoms with Crippen molar-refractivity contribution in [1.29, 1.82) is 0 Å². The van der Waals surface area contributed by atoms with Crippen LogP contribution in [0.3, 0.4) is 0 Å². The molecule has 4 nitrogen and oxygen atoms in total. The molecule has 4 heteroatoms. The fourth-order valence-electron chi connectivity index (χ4n) is 1.92. The minimum Gasteiger partial charge on any atom is -0.304 e. The Bertz CT molecular complexity index is 111. The summed E-state index contributed by atoms with van der Waals surface area (Å²) in [5.41, 5.74) is 0. The molecule has 2 fully saturated rings. The van der Waals surface area contributed by atoms with Crippen LogP contribution < -0.4 is 16.0 Å². The van der Waals surface area contributed by atoms with E-state index < -0.39 is 0 Å².